The fraction of sp³-hybridized carbons (Fsp3) is 0.357. The maximum atomic E-state index is 12.7. The molecule has 2 heterocycles. The van der Waals surface area contributed by atoms with Gasteiger partial charge in [0.25, 0.3) is 0 Å². The van der Waals surface area contributed by atoms with Crippen molar-refractivity contribution in [3.8, 4) is 5.75 Å². The Hall–Kier alpha value is -3.38. The highest BCUT2D eigenvalue weighted by Crippen LogP contribution is 2.39. The number of aliphatic hydroxyl groups is 1. The molecule has 0 saturated carbocycles. The maximum Gasteiger partial charge on any atom is 0.339 e. The summed E-state index contributed by atoms with van der Waals surface area (Å²) in [5, 5.41) is 9.90. The lowest BCUT2D eigenvalue weighted by Crippen LogP contribution is -2.48. The molecular formula is C28H30O6. The van der Waals surface area contributed by atoms with Crippen molar-refractivity contribution in [2.45, 2.75) is 58.2 Å². The second kappa shape index (κ2) is 9.85. The monoisotopic (exact) mass is 462 g/mol. The van der Waals surface area contributed by atoms with Crippen LogP contribution in [0.1, 0.15) is 43.9 Å². The third-order valence-corrected chi connectivity index (χ3v) is 6.43. The number of hydrogen-bond donors (Lipinski definition) is 1. The Morgan fingerprint density at radius 2 is 2.00 bits per heavy atom. The van der Waals surface area contributed by atoms with Crippen LogP contribution in [0.4, 0.5) is 0 Å². The summed E-state index contributed by atoms with van der Waals surface area (Å²) in [6, 6.07) is 15.4. The number of hydrogen-bond acceptors (Lipinski definition) is 6. The van der Waals surface area contributed by atoms with Gasteiger partial charge in [0, 0.05) is 42.0 Å². The number of allylic oxidation sites excluding steroid dienone is 1. The highest BCUT2D eigenvalue weighted by molar-refractivity contribution is 5.88. The summed E-state index contributed by atoms with van der Waals surface area (Å²) in [5.74, 6) is 0.256. The van der Waals surface area contributed by atoms with Crippen molar-refractivity contribution in [3.63, 3.8) is 0 Å². The largest absolute Gasteiger partial charge is 0.485 e. The predicted octanol–water partition coefficient (Wildman–Crippen LogP) is 4.53. The molecule has 0 spiro atoms. The number of esters is 1. The maximum absolute atomic E-state index is 12.7. The Bertz CT molecular complexity index is 1270. The molecule has 1 aliphatic heterocycles. The van der Waals surface area contributed by atoms with Gasteiger partial charge in [-0.05, 0) is 56.9 Å². The molecule has 1 N–H and O–H groups in total. The SMILES string of the molecule is CC=C(C)C(=O)O[C@@](C)(Cc1ccccc1)[C@H]1Cc2cc3cc(CCCO)c(=O)oc3cc2O1. The van der Waals surface area contributed by atoms with E-state index in [0.29, 0.717) is 48.2 Å². The second-order valence-corrected chi connectivity index (χ2v) is 9.03. The van der Waals surface area contributed by atoms with Gasteiger partial charge in [0.15, 0.2) is 5.60 Å². The van der Waals surface area contributed by atoms with E-state index in [0.717, 1.165) is 16.5 Å². The van der Waals surface area contributed by atoms with E-state index in [4.69, 9.17) is 19.0 Å². The van der Waals surface area contributed by atoms with Crippen molar-refractivity contribution in [1.82, 2.24) is 0 Å². The van der Waals surface area contributed by atoms with Gasteiger partial charge in [-0.2, -0.15) is 0 Å². The number of carbonyl (C=O) groups excluding carboxylic acids is 1. The molecule has 2 aromatic carbocycles. The van der Waals surface area contributed by atoms with Gasteiger partial charge in [-0.15, -0.1) is 0 Å². The molecule has 0 unspecified atom stereocenters. The first-order chi connectivity index (χ1) is 16.3. The molecule has 2 atom stereocenters. The Labute approximate surface area is 198 Å². The van der Waals surface area contributed by atoms with Crippen molar-refractivity contribution in [2.24, 2.45) is 0 Å². The number of benzene rings is 2. The number of aliphatic hydroxyl groups excluding tert-OH is 1. The molecule has 0 aliphatic carbocycles. The molecule has 0 bridgehead atoms. The first kappa shape index (κ1) is 23.8. The zero-order valence-electron chi connectivity index (χ0n) is 19.8. The first-order valence-electron chi connectivity index (χ1n) is 11.6. The van der Waals surface area contributed by atoms with Gasteiger partial charge in [0.05, 0.1) is 0 Å². The smallest absolute Gasteiger partial charge is 0.339 e. The van der Waals surface area contributed by atoms with Gasteiger partial charge in [0.1, 0.15) is 17.4 Å². The lowest BCUT2D eigenvalue weighted by atomic mass is 9.88. The molecule has 178 valence electrons. The van der Waals surface area contributed by atoms with Crippen molar-refractivity contribution < 1.29 is 23.8 Å². The van der Waals surface area contributed by atoms with Crippen molar-refractivity contribution in [2.75, 3.05) is 6.61 Å². The van der Waals surface area contributed by atoms with Crippen LogP contribution in [0.3, 0.4) is 0 Å². The van der Waals surface area contributed by atoms with Crippen molar-refractivity contribution in [1.29, 1.82) is 0 Å². The minimum absolute atomic E-state index is 0.0165. The molecule has 6 nitrogen and oxygen atoms in total. The van der Waals surface area contributed by atoms with E-state index in [2.05, 4.69) is 0 Å². The lowest BCUT2D eigenvalue weighted by molar-refractivity contribution is -0.162. The average Bonchev–Trinajstić information content (AvgIpc) is 3.25. The minimum Gasteiger partial charge on any atom is -0.485 e. The average molecular weight is 463 g/mol. The van der Waals surface area contributed by atoms with Crippen LogP contribution in [0.25, 0.3) is 11.0 Å². The van der Waals surface area contributed by atoms with Crippen LogP contribution in [0.2, 0.25) is 0 Å². The molecule has 1 aromatic heterocycles. The first-order valence-corrected chi connectivity index (χ1v) is 11.6. The van der Waals surface area contributed by atoms with E-state index in [9.17, 15) is 9.59 Å². The quantitative estimate of drug-likeness (QED) is 0.301. The standard InChI is InChI=1S/C28H30O6/c1-4-18(2)26(30)34-28(3,17-19-9-6-5-7-10-19)25-15-22-14-21-13-20(11-8-12-29)27(31)33-24(21)16-23(22)32-25/h4-7,9-10,13-14,16,25,29H,8,11-12,15,17H2,1-3H3/t25-,28+/m1/s1. The molecule has 0 radical (unpaired) electrons. The van der Waals surface area contributed by atoms with E-state index in [1.54, 1.807) is 26.0 Å². The summed E-state index contributed by atoms with van der Waals surface area (Å²) in [6.07, 6.45) is 3.34. The number of carbonyl (C=O) groups is 1. The summed E-state index contributed by atoms with van der Waals surface area (Å²) in [7, 11) is 0. The molecule has 0 amide bonds. The molecule has 0 fully saturated rings. The van der Waals surface area contributed by atoms with Crippen LogP contribution < -0.4 is 10.4 Å². The summed E-state index contributed by atoms with van der Waals surface area (Å²) in [5.41, 5.74) is 2.22. The summed E-state index contributed by atoms with van der Waals surface area (Å²) < 4.78 is 17.9. The van der Waals surface area contributed by atoms with E-state index in [1.807, 2.05) is 49.4 Å². The molecule has 0 saturated heterocycles. The van der Waals surface area contributed by atoms with E-state index in [-0.39, 0.29) is 12.6 Å². The highest BCUT2D eigenvalue weighted by Gasteiger charge is 2.44. The fourth-order valence-electron chi connectivity index (χ4n) is 4.31. The third-order valence-electron chi connectivity index (χ3n) is 6.43. The van der Waals surface area contributed by atoms with Gasteiger partial charge in [-0.25, -0.2) is 9.59 Å². The second-order valence-electron chi connectivity index (χ2n) is 9.03. The number of ether oxygens (including phenoxy) is 2. The van der Waals surface area contributed by atoms with Crippen LogP contribution in [-0.2, 0) is 28.8 Å². The molecular weight excluding hydrogens is 432 g/mol. The number of fused-ring (bicyclic) bond motifs is 2. The molecule has 34 heavy (non-hydrogen) atoms. The van der Waals surface area contributed by atoms with E-state index >= 15 is 0 Å². The van der Waals surface area contributed by atoms with Gasteiger partial charge in [-0.3, -0.25) is 0 Å². The van der Waals surface area contributed by atoms with E-state index in [1.165, 1.54) is 0 Å². The summed E-state index contributed by atoms with van der Waals surface area (Å²) in [6.45, 7) is 5.46. The van der Waals surface area contributed by atoms with Gasteiger partial charge in [-0.1, -0.05) is 36.4 Å². The molecule has 1 aliphatic rings. The van der Waals surface area contributed by atoms with Gasteiger partial charge in [0.2, 0.25) is 0 Å². The van der Waals surface area contributed by atoms with Crippen LogP contribution in [-0.4, -0.2) is 29.4 Å². The summed E-state index contributed by atoms with van der Waals surface area (Å²) >= 11 is 0. The number of rotatable bonds is 8. The van der Waals surface area contributed by atoms with Crippen LogP contribution in [0.5, 0.6) is 5.75 Å². The zero-order chi connectivity index (χ0) is 24.3. The van der Waals surface area contributed by atoms with Gasteiger partial charge < -0.3 is 19.0 Å². The predicted molar refractivity (Wildman–Crippen MR) is 130 cm³/mol. The lowest BCUT2D eigenvalue weighted by Gasteiger charge is -2.34. The number of aryl methyl sites for hydroxylation is 1. The van der Waals surface area contributed by atoms with Crippen LogP contribution in [0, 0.1) is 0 Å². The molecule has 4 rings (SSSR count). The highest BCUT2D eigenvalue weighted by atomic mass is 16.6. The van der Waals surface area contributed by atoms with Crippen LogP contribution >= 0.6 is 0 Å². The van der Waals surface area contributed by atoms with Gasteiger partial charge >= 0.3 is 11.6 Å². The summed E-state index contributed by atoms with van der Waals surface area (Å²) in [4.78, 5) is 25.1. The van der Waals surface area contributed by atoms with E-state index < -0.39 is 17.3 Å². The van der Waals surface area contributed by atoms with Crippen LogP contribution in [0.15, 0.2) is 69.4 Å². The normalized spacial score (nSPS) is 17.2. The fourth-order valence-corrected chi connectivity index (χ4v) is 4.31. The molecule has 6 heteroatoms. The third kappa shape index (κ3) is 4.92. The Morgan fingerprint density at radius 3 is 2.71 bits per heavy atom. The Kier molecular flexibility index (Phi) is 6.89. The van der Waals surface area contributed by atoms with Crippen molar-refractivity contribution in [3.05, 3.63) is 87.3 Å². The van der Waals surface area contributed by atoms with Crippen molar-refractivity contribution >= 4 is 16.9 Å². The topological polar surface area (TPSA) is 86.0 Å². The molecule has 3 aromatic rings. The minimum atomic E-state index is -0.916. The Balaban J connectivity index is 1.66. The zero-order valence-corrected chi connectivity index (χ0v) is 19.8. The Morgan fingerprint density at radius 1 is 1.24 bits per heavy atom.